The van der Waals surface area contributed by atoms with Crippen molar-refractivity contribution in [3.05, 3.63) is 0 Å². The molecule has 0 aromatic carbocycles. The molecule has 282 valence electrons. The van der Waals surface area contributed by atoms with Crippen molar-refractivity contribution in [3.63, 3.8) is 0 Å². The van der Waals surface area contributed by atoms with Gasteiger partial charge in [0.2, 0.25) is 17.4 Å². The molecule has 0 saturated carbocycles. The van der Waals surface area contributed by atoms with Gasteiger partial charge in [0.1, 0.15) is 0 Å². The summed E-state index contributed by atoms with van der Waals surface area (Å²) >= 11 is 0. The molecule has 0 rings (SSSR count). The average molecular weight is 721 g/mol. The second-order valence-electron chi connectivity index (χ2n) is 12.8. The van der Waals surface area contributed by atoms with Gasteiger partial charge in [-0.25, -0.2) is 0 Å². The molecule has 0 heterocycles. The van der Waals surface area contributed by atoms with Gasteiger partial charge in [0, 0.05) is 17.9 Å². The normalized spacial score (nSPS) is 11.9. The third-order valence-corrected chi connectivity index (χ3v) is 5.20. The standard InChI is InChI=1S/3C11H20O5.Al/c3*1-7(2)15-11(5,16-8(3)4)9(12)6-10(13)14;/h3*7-8H,6H2,1-5H3,(H,13,14);/q;;;+3/p-3. The Balaban J connectivity index is -0.000000307. The van der Waals surface area contributed by atoms with Gasteiger partial charge >= 0.3 is 17.4 Å². The van der Waals surface area contributed by atoms with Crippen molar-refractivity contribution in [2.24, 2.45) is 0 Å². The molecule has 0 aromatic heterocycles. The van der Waals surface area contributed by atoms with Gasteiger partial charge in [-0.2, -0.15) is 0 Å². The number of Topliss-reactive ketones (excluding diaryl/α,β-unsaturated/α-hetero) is 3. The first-order valence-electron chi connectivity index (χ1n) is 15.8. The molecule has 16 heteroatoms. The second-order valence-corrected chi connectivity index (χ2v) is 12.8. The summed E-state index contributed by atoms with van der Waals surface area (Å²) in [5, 5.41) is 31.2. The Bertz CT molecular complexity index is 877. The molecule has 15 nitrogen and oxygen atoms in total. The van der Waals surface area contributed by atoms with Gasteiger partial charge in [-0.15, -0.1) is 0 Å². The van der Waals surface area contributed by atoms with E-state index < -0.39 is 71.9 Å². The average Bonchev–Trinajstić information content (AvgIpc) is 2.80. The molecule has 49 heavy (non-hydrogen) atoms. The maximum Gasteiger partial charge on any atom is 3.00 e. The van der Waals surface area contributed by atoms with E-state index in [1.807, 2.05) is 0 Å². The van der Waals surface area contributed by atoms with Gasteiger partial charge in [-0.1, -0.05) is 0 Å². The van der Waals surface area contributed by atoms with E-state index in [1.54, 1.807) is 83.1 Å². The molecule has 0 aromatic rings. The van der Waals surface area contributed by atoms with E-state index >= 15 is 0 Å². The summed E-state index contributed by atoms with van der Waals surface area (Å²) < 4.78 is 32.1. The Morgan fingerprint density at radius 1 is 0.388 bits per heavy atom. The monoisotopic (exact) mass is 720 g/mol. The first-order chi connectivity index (χ1) is 21.5. The minimum Gasteiger partial charge on any atom is -0.550 e. The number of rotatable bonds is 21. The third kappa shape index (κ3) is 26.2. The largest absolute Gasteiger partial charge is 3.00 e. The molecule has 0 aliphatic carbocycles. The van der Waals surface area contributed by atoms with Crippen LogP contribution in [0.1, 0.15) is 123 Å². The molecule has 0 fully saturated rings. The van der Waals surface area contributed by atoms with E-state index in [9.17, 15) is 44.1 Å². The number of carboxylic acid groups (broad SMARTS) is 3. The van der Waals surface area contributed by atoms with Gasteiger partial charge in [0.05, 0.1) is 55.9 Å². The van der Waals surface area contributed by atoms with Crippen LogP contribution in [0, 0.1) is 0 Å². The van der Waals surface area contributed by atoms with Gasteiger partial charge < -0.3 is 58.1 Å². The number of hydrogen-bond acceptors (Lipinski definition) is 15. The maximum atomic E-state index is 11.7. The van der Waals surface area contributed by atoms with Gasteiger partial charge in [0.15, 0.2) is 17.3 Å². The van der Waals surface area contributed by atoms with Crippen LogP contribution in [-0.4, -0.2) is 107 Å². The van der Waals surface area contributed by atoms with E-state index in [-0.39, 0.29) is 54.0 Å². The van der Waals surface area contributed by atoms with E-state index in [2.05, 4.69) is 0 Å². The van der Waals surface area contributed by atoms with Crippen molar-refractivity contribution in [3.8, 4) is 0 Å². The molecular formula is C33H57AlO15. The minimum atomic E-state index is -1.53. The summed E-state index contributed by atoms with van der Waals surface area (Å²) in [5.74, 6) is -10.8. The number of carbonyl (C=O) groups is 6. The van der Waals surface area contributed by atoms with Gasteiger partial charge in [-0.05, 0) is 104 Å². The molecule has 0 aliphatic rings. The Kier molecular flexibility index (Phi) is 27.1. The number of hydrogen-bond donors (Lipinski definition) is 0. The second kappa shape index (κ2) is 24.8. The molecule has 0 aliphatic heterocycles. The smallest absolute Gasteiger partial charge is 0.550 e. The molecule has 0 saturated heterocycles. The number of aliphatic carboxylic acids is 3. The van der Waals surface area contributed by atoms with E-state index in [0.717, 1.165) is 0 Å². The molecule has 0 bridgehead atoms. The van der Waals surface area contributed by atoms with Gasteiger partial charge in [-0.3, -0.25) is 14.4 Å². The predicted molar refractivity (Wildman–Crippen MR) is 172 cm³/mol. The summed E-state index contributed by atoms with van der Waals surface area (Å²) in [7, 11) is 0. The van der Waals surface area contributed by atoms with Gasteiger partial charge in [0.25, 0.3) is 0 Å². The number of ether oxygens (including phenoxy) is 6. The number of carbonyl (C=O) groups excluding carboxylic acids is 6. The molecule has 0 radical (unpaired) electrons. The minimum absolute atomic E-state index is 0. The zero-order valence-corrected chi connectivity index (χ0v) is 32.9. The Hall–Kier alpha value is -2.29. The molecule has 0 N–H and O–H groups in total. The molecule has 0 spiro atoms. The summed E-state index contributed by atoms with van der Waals surface area (Å²) in [6.45, 7) is 25.2. The van der Waals surface area contributed by atoms with Crippen molar-refractivity contribution >= 4 is 52.6 Å². The zero-order chi connectivity index (χ0) is 38.8. The van der Waals surface area contributed by atoms with Crippen LogP contribution in [0.5, 0.6) is 0 Å². The number of carboxylic acids is 3. The van der Waals surface area contributed by atoms with Crippen LogP contribution in [0.25, 0.3) is 0 Å². The van der Waals surface area contributed by atoms with Crippen LogP contribution in [0.4, 0.5) is 0 Å². The third-order valence-electron chi connectivity index (χ3n) is 5.20. The summed E-state index contributed by atoms with van der Waals surface area (Å²) in [6, 6.07) is 0. The Morgan fingerprint density at radius 2 is 0.510 bits per heavy atom. The summed E-state index contributed by atoms with van der Waals surface area (Å²) in [6.07, 6.45) is -3.58. The van der Waals surface area contributed by atoms with Crippen molar-refractivity contribution < 1.29 is 72.5 Å². The fourth-order valence-corrected chi connectivity index (χ4v) is 4.05. The molecule has 0 atom stereocenters. The molecular weight excluding hydrogens is 663 g/mol. The fraction of sp³-hybridized carbons (Fsp3) is 0.818. The topological polar surface area (TPSA) is 227 Å². The maximum absolute atomic E-state index is 11.7. The summed E-state index contributed by atoms with van der Waals surface area (Å²) in [4.78, 5) is 66.2. The first kappa shape index (κ1) is 53.5. The van der Waals surface area contributed by atoms with Crippen molar-refractivity contribution in [2.45, 2.75) is 177 Å². The Morgan fingerprint density at radius 3 is 0.592 bits per heavy atom. The van der Waals surface area contributed by atoms with Crippen molar-refractivity contribution in [1.82, 2.24) is 0 Å². The molecule has 0 unspecified atom stereocenters. The zero-order valence-electron chi connectivity index (χ0n) is 31.8. The molecule has 0 amide bonds. The quantitative estimate of drug-likeness (QED) is 0.0888. The van der Waals surface area contributed by atoms with Crippen LogP contribution in [-0.2, 0) is 57.2 Å². The van der Waals surface area contributed by atoms with Crippen LogP contribution in [0.3, 0.4) is 0 Å². The van der Waals surface area contributed by atoms with E-state index in [4.69, 9.17) is 28.4 Å². The van der Waals surface area contributed by atoms with Crippen LogP contribution in [0.2, 0.25) is 0 Å². The Labute approximate surface area is 301 Å². The van der Waals surface area contributed by atoms with Crippen LogP contribution < -0.4 is 15.3 Å². The fourth-order valence-electron chi connectivity index (χ4n) is 4.05. The van der Waals surface area contributed by atoms with E-state index in [0.29, 0.717) is 0 Å². The van der Waals surface area contributed by atoms with Crippen LogP contribution in [0.15, 0.2) is 0 Å². The van der Waals surface area contributed by atoms with E-state index in [1.165, 1.54) is 20.8 Å². The van der Waals surface area contributed by atoms with Crippen LogP contribution >= 0.6 is 0 Å². The first-order valence-corrected chi connectivity index (χ1v) is 15.8. The predicted octanol–water partition coefficient (Wildman–Crippen LogP) is 0.404. The number of ketones is 3. The van der Waals surface area contributed by atoms with Crippen molar-refractivity contribution in [2.75, 3.05) is 0 Å². The van der Waals surface area contributed by atoms with Crippen molar-refractivity contribution in [1.29, 1.82) is 0 Å². The summed E-state index contributed by atoms with van der Waals surface area (Å²) in [5.41, 5.74) is 0. The SMILES string of the molecule is CC(C)OC(C)(OC(C)C)C(=O)CC(=O)[O-].CC(C)OC(C)(OC(C)C)C(=O)CC(=O)[O-].CC(C)OC(C)(OC(C)C)C(=O)CC(=O)[O-].[Al+3].